The van der Waals surface area contributed by atoms with Crippen molar-refractivity contribution in [1.82, 2.24) is 4.98 Å². The number of hydrogen-bond donors (Lipinski definition) is 0. The van der Waals surface area contributed by atoms with Gasteiger partial charge < -0.3 is 4.74 Å². The summed E-state index contributed by atoms with van der Waals surface area (Å²) in [6, 6.07) is 8.14. The Bertz CT molecular complexity index is 878. The number of aromatic nitrogens is 1. The van der Waals surface area contributed by atoms with Crippen molar-refractivity contribution in [3.8, 4) is 0 Å². The molecule has 2 rings (SSSR count). The Kier molecular flexibility index (Phi) is 8.94. The molecule has 0 spiro atoms. The molecular formula is C18H18Cl2F2N4O2S. The van der Waals surface area contributed by atoms with Crippen molar-refractivity contribution < 1.29 is 17.7 Å². The Morgan fingerprint density at radius 2 is 2.00 bits per heavy atom. The summed E-state index contributed by atoms with van der Waals surface area (Å²) in [6.07, 6.45) is -1.25. The molecule has 0 aliphatic rings. The molecule has 2 aromatic rings. The van der Waals surface area contributed by atoms with E-state index in [0.717, 1.165) is 0 Å². The van der Waals surface area contributed by atoms with E-state index in [1.54, 1.807) is 41.6 Å². The summed E-state index contributed by atoms with van der Waals surface area (Å²) in [5.41, 5.74) is 1.52. The molecule has 0 saturated heterocycles. The molecule has 1 aromatic heterocycles. The van der Waals surface area contributed by atoms with Crippen molar-refractivity contribution in [2.45, 2.75) is 19.9 Å². The molecular weight excluding hydrogens is 445 g/mol. The van der Waals surface area contributed by atoms with Crippen LogP contribution in [0, 0.1) is 0 Å². The van der Waals surface area contributed by atoms with E-state index in [9.17, 15) is 13.0 Å². The van der Waals surface area contributed by atoms with Crippen molar-refractivity contribution in [3.63, 3.8) is 0 Å². The third kappa shape index (κ3) is 7.02. The number of anilines is 1. The Morgan fingerprint density at radius 3 is 2.52 bits per heavy atom. The standard InChI is InChI=1S/C18H18Cl2F2N4O2S/c1-3-29(27)26(16-7-13(19)6-14(20)8-16)10-15-5-4-12(9-24-15)18(25-23-2)28-11-17(21)22/h4-9,17H,2-3,10-11H2,1H3/b25-18-. The molecule has 0 N–H and O–H groups in total. The maximum atomic E-state index is 12.5. The fourth-order valence-electron chi connectivity index (χ4n) is 2.29. The minimum atomic E-state index is -2.65. The van der Waals surface area contributed by atoms with Crippen molar-refractivity contribution in [3.05, 3.63) is 57.8 Å². The fourth-order valence-corrected chi connectivity index (χ4v) is 3.73. The molecule has 0 radical (unpaired) electrons. The SMILES string of the molecule is C=N/N=C(\OCC(F)F)c1ccc(CN(c2cc(Cl)cc(Cl)c2)S(=O)CC)nc1. The molecule has 6 nitrogen and oxygen atoms in total. The first-order chi connectivity index (χ1) is 13.8. The zero-order valence-electron chi connectivity index (χ0n) is 15.4. The average Bonchev–Trinajstić information content (AvgIpc) is 2.68. The second-order valence-electron chi connectivity index (χ2n) is 5.56. The zero-order chi connectivity index (χ0) is 21.4. The highest BCUT2D eigenvalue weighted by Crippen LogP contribution is 2.27. The zero-order valence-corrected chi connectivity index (χ0v) is 17.7. The topological polar surface area (TPSA) is 67.2 Å². The maximum Gasteiger partial charge on any atom is 0.272 e. The monoisotopic (exact) mass is 462 g/mol. The van der Waals surface area contributed by atoms with Crippen LogP contribution >= 0.6 is 23.2 Å². The van der Waals surface area contributed by atoms with Gasteiger partial charge in [0.25, 0.3) is 6.43 Å². The van der Waals surface area contributed by atoms with Crippen LogP contribution in [0.15, 0.2) is 46.7 Å². The van der Waals surface area contributed by atoms with E-state index >= 15 is 0 Å². The Labute approximate surface area is 179 Å². The van der Waals surface area contributed by atoms with Crippen LogP contribution in [-0.2, 0) is 22.3 Å². The molecule has 0 aliphatic heterocycles. The van der Waals surface area contributed by atoms with Gasteiger partial charge in [-0.15, -0.1) is 5.10 Å². The third-order valence-corrected chi connectivity index (χ3v) is 5.27. The van der Waals surface area contributed by atoms with Crippen molar-refractivity contribution in [2.75, 3.05) is 16.7 Å². The summed E-state index contributed by atoms with van der Waals surface area (Å²) in [5.74, 6) is 0.265. The lowest BCUT2D eigenvalue weighted by Crippen LogP contribution is -2.27. The normalized spacial score (nSPS) is 12.7. The second-order valence-corrected chi connectivity index (χ2v) is 8.10. The third-order valence-electron chi connectivity index (χ3n) is 3.51. The van der Waals surface area contributed by atoms with Crippen LogP contribution < -0.4 is 4.31 Å². The van der Waals surface area contributed by atoms with Crippen LogP contribution in [0.2, 0.25) is 10.0 Å². The van der Waals surface area contributed by atoms with Gasteiger partial charge in [0.05, 0.1) is 23.5 Å². The lowest BCUT2D eigenvalue weighted by atomic mass is 10.2. The van der Waals surface area contributed by atoms with Crippen LogP contribution in [0.4, 0.5) is 14.5 Å². The highest BCUT2D eigenvalue weighted by atomic mass is 35.5. The van der Waals surface area contributed by atoms with Crippen molar-refractivity contribution >= 4 is 52.5 Å². The van der Waals surface area contributed by atoms with Crippen LogP contribution in [0.5, 0.6) is 0 Å². The first-order valence-corrected chi connectivity index (χ1v) is 10.4. The summed E-state index contributed by atoms with van der Waals surface area (Å²) < 4.78 is 43.9. The highest BCUT2D eigenvalue weighted by Gasteiger charge is 2.16. The van der Waals surface area contributed by atoms with Gasteiger partial charge in [0, 0.05) is 28.7 Å². The van der Waals surface area contributed by atoms with Crippen LogP contribution in [0.25, 0.3) is 0 Å². The van der Waals surface area contributed by atoms with Gasteiger partial charge in [0.15, 0.2) is 6.61 Å². The second kappa shape index (κ2) is 11.2. The van der Waals surface area contributed by atoms with Crippen LogP contribution in [-0.4, -0.2) is 40.6 Å². The lowest BCUT2D eigenvalue weighted by Gasteiger charge is -2.23. The van der Waals surface area contributed by atoms with E-state index in [2.05, 4.69) is 21.9 Å². The van der Waals surface area contributed by atoms with Gasteiger partial charge in [-0.05, 0) is 30.3 Å². The highest BCUT2D eigenvalue weighted by molar-refractivity contribution is 7.86. The molecule has 0 bridgehead atoms. The number of nitrogens with zero attached hydrogens (tertiary/aromatic N) is 4. The molecule has 0 saturated carbocycles. The summed E-state index contributed by atoms with van der Waals surface area (Å²) in [6.45, 7) is 4.37. The minimum absolute atomic E-state index is 0.116. The molecule has 0 aliphatic carbocycles. The van der Waals surface area contributed by atoms with E-state index in [1.807, 2.05) is 0 Å². The smallest absolute Gasteiger partial charge is 0.272 e. The Balaban J connectivity index is 2.25. The van der Waals surface area contributed by atoms with Crippen molar-refractivity contribution in [1.29, 1.82) is 0 Å². The number of hydrogen-bond acceptors (Lipinski definition) is 5. The number of benzene rings is 1. The maximum absolute atomic E-state index is 12.5. The van der Waals surface area contributed by atoms with E-state index in [4.69, 9.17) is 27.9 Å². The fraction of sp³-hybridized carbons (Fsp3) is 0.278. The lowest BCUT2D eigenvalue weighted by molar-refractivity contribution is 0.0765. The predicted molar refractivity (Wildman–Crippen MR) is 114 cm³/mol. The van der Waals surface area contributed by atoms with Crippen LogP contribution in [0.3, 0.4) is 0 Å². The number of alkyl halides is 2. The molecule has 0 fully saturated rings. The molecule has 11 heteroatoms. The predicted octanol–water partition coefficient (Wildman–Crippen LogP) is 4.72. The van der Waals surface area contributed by atoms with Crippen molar-refractivity contribution in [2.24, 2.45) is 10.2 Å². The summed E-state index contributed by atoms with van der Waals surface area (Å²) >= 11 is 12.1. The van der Waals surface area contributed by atoms with Gasteiger partial charge in [-0.3, -0.25) is 9.29 Å². The van der Waals surface area contributed by atoms with Gasteiger partial charge in [-0.1, -0.05) is 30.1 Å². The first kappa shape index (κ1) is 23.2. The molecule has 1 aromatic carbocycles. The van der Waals surface area contributed by atoms with E-state index in [-0.39, 0.29) is 12.4 Å². The van der Waals surface area contributed by atoms with Gasteiger partial charge >= 0.3 is 0 Å². The number of ether oxygens (including phenoxy) is 1. The van der Waals surface area contributed by atoms with Gasteiger partial charge in [0.2, 0.25) is 5.90 Å². The summed E-state index contributed by atoms with van der Waals surface area (Å²) in [7, 11) is -1.34. The Hall–Kier alpha value is -2.10. The Morgan fingerprint density at radius 1 is 1.31 bits per heavy atom. The largest absolute Gasteiger partial charge is 0.470 e. The van der Waals surface area contributed by atoms with E-state index < -0.39 is 24.0 Å². The quantitative estimate of drug-likeness (QED) is 0.307. The van der Waals surface area contributed by atoms with Crippen LogP contribution in [0.1, 0.15) is 18.2 Å². The minimum Gasteiger partial charge on any atom is -0.470 e. The summed E-state index contributed by atoms with van der Waals surface area (Å²) in [5, 5.41) is 7.77. The number of pyridine rings is 1. The molecule has 156 valence electrons. The van der Waals surface area contributed by atoms with Gasteiger partial charge in [0.1, 0.15) is 11.0 Å². The number of halogens is 4. The molecule has 1 unspecified atom stereocenters. The average molecular weight is 463 g/mol. The molecule has 1 atom stereocenters. The first-order valence-electron chi connectivity index (χ1n) is 8.36. The van der Waals surface area contributed by atoms with Gasteiger partial charge in [-0.2, -0.15) is 5.10 Å². The molecule has 0 amide bonds. The van der Waals surface area contributed by atoms with E-state index in [0.29, 0.717) is 32.7 Å². The summed E-state index contributed by atoms with van der Waals surface area (Å²) in [4.78, 5) is 4.28. The molecule has 29 heavy (non-hydrogen) atoms. The molecule has 1 heterocycles. The number of rotatable bonds is 9. The van der Waals surface area contributed by atoms with E-state index in [1.165, 1.54) is 6.20 Å². The van der Waals surface area contributed by atoms with Gasteiger partial charge in [-0.25, -0.2) is 13.0 Å².